The number of hydrogen-bond donors (Lipinski definition) is 3. The zero-order valence-electron chi connectivity index (χ0n) is 31.6. The van der Waals surface area contributed by atoms with Crippen LogP contribution in [-0.2, 0) is 32.7 Å². The number of hydrogen-bond acceptors (Lipinski definition) is 9. The van der Waals surface area contributed by atoms with E-state index >= 15 is 0 Å². The zero-order valence-corrected chi connectivity index (χ0v) is 32.5. The van der Waals surface area contributed by atoms with E-state index in [1.54, 1.807) is 0 Å². The van der Waals surface area contributed by atoms with Crippen LogP contribution in [0.4, 0.5) is 0 Å². The van der Waals surface area contributed by atoms with Crippen LogP contribution in [0.1, 0.15) is 174 Å². The van der Waals surface area contributed by atoms with Crippen LogP contribution in [0.25, 0.3) is 0 Å². The molecule has 0 aromatic rings. The lowest BCUT2D eigenvalue weighted by Crippen LogP contribution is -2.29. The molecule has 0 rings (SSSR count). The fourth-order valence-electron chi connectivity index (χ4n) is 5.26. The van der Waals surface area contributed by atoms with Crippen molar-refractivity contribution in [3.63, 3.8) is 0 Å². The van der Waals surface area contributed by atoms with Gasteiger partial charge in [0.15, 0.2) is 6.10 Å². The van der Waals surface area contributed by atoms with Crippen LogP contribution in [-0.4, -0.2) is 65.7 Å². The van der Waals surface area contributed by atoms with Crippen molar-refractivity contribution in [1.29, 1.82) is 0 Å². The van der Waals surface area contributed by atoms with Crippen LogP contribution in [0.15, 0.2) is 24.3 Å². The lowest BCUT2D eigenvalue weighted by molar-refractivity contribution is -0.161. The minimum Gasteiger partial charge on any atom is -0.462 e. The molecule has 0 bridgehead atoms. The topological polar surface area (TPSA) is 149 Å². The number of allylic oxidation sites excluding steroid dienone is 4. The second-order valence-corrected chi connectivity index (χ2v) is 14.8. The molecule has 3 N–H and O–H groups in total. The van der Waals surface area contributed by atoms with Gasteiger partial charge in [-0.25, -0.2) is 4.57 Å². The molecule has 0 fully saturated rings. The fraction of sp³-hybridized carbons (Fsp3) is 0.846. The van der Waals surface area contributed by atoms with Gasteiger partial charge >= 0.3 is 19.8 Å². The van der Waals surface area contributed by atoms with Gasteiger partial charge in [-0.05, 0) is 44.9 Å². The lowest BCUT2D eigenvalue weighted by atomic mass is 10.1. The van der Waals surface area contributed by atoms with Crippen molar-refractivity contribution >= 4 is 19.8 Å². The highest BCUT2D eigenvalue weighted by atomic mass is 31.2. The van der Waals surface area contributed by atoms with Gasteiger partial charge < -0.3 is 24.6 Å². The number of carbonyl (C=O) groups is 2. The first-order chi connectivity index (χ1) is 24.2. The molecule has 0 radical (unpaired) electrons. The van der Waals surface area contributed by atoms with E-state index in [4.69, 9.17) is 19.1 Å². The molecule has 294 valence electrons. The number of phosphoric acid groups is 1. The fourth-order valence-corrected chi connectivity index (χ4v) is 6.05. The molecule has 50 heavy (non-hydrogen) atoms. The summed E-state index contributed by atoms with van der Waals surface area (Å²) >= 11 is 0. The van der Waals surface area contributed by atoms with Crippen LogP contribution in [0.5, 0.6) is 0 Å². The maximum Gasteiger partial charge on any atom is 0.472 e. The lowest BCUT2D eigenvalue weighted by Gasteiger charge is -2.20. The molecule has 0 amide bonds. The third kappa shape index (κ3) is 34.9. The number of unbranched alkanes of at least 4 members (excludes halogenated alkanes) is 19. The number of aliphatic hydroxyl groups excluding tert-OH is 2. The third-order valence-corrected chi connectivity index (χ3v) is 9.31. The molecule has 0 saturated carbocycles. The Balaban J connectivity index is 4.37. The molecular formula is C39H73O10P. The van der Waals surface area contributed by atoms with Crippen LogP contribution < -0.4 is 0 Å². The van der Waals surface area contributed by atoms with Crippen molar-refractivity contribution in [1.82, 2.24) is 0 Å². The van der Waals surface area contributed by atoms with Gasteiger partial charge in [0.05, 0.1) is 19.8 Å². The Hall–Kier alpha value is -1.55. The molecule has 3 unspecified atom stereocenters. The highest BCUT2D eigenvalue weighted by Gasteiger charge is 2.27. The molecule has 0 heterocycles. The molecule has 0 spiro atoms. The Labute approximate surface area is 304 Å². The number of ether oxygens (including phenoxy) is 2. The summed E-state index contributed by atoms with van der Waals surface area (Å²) in [5.41, 5.74) is 0. The normalized spacial score (nSPS) is 14.3. The molecule has 0 aliphatic carbocycles. The van der Waals surface area contributed by atoms with Crippen molar-refractivity contribution in [3.05, 3.63) is 24.3 Å². The minimum atomic E-state index is -4.61. The summed E-state index contributed by atoms with van der Waals surface area (Å²) in [6.07, 6.45) is 32.9. The minimum absolute atomic E-state index is 0.170. The first-order valence-corrected chi connectivity index (χ1v) is 21.3. The molecule has 0 aliphatic rings. The summed E-state index contributed by atoms with van der Waals surface area (Å²) in [5, 5.41) is 18.3. The van der Waals surface area contributed by atoms with Crippen LogP contribution >= 0.6 is 7.82 Å². The Kier molecular flexibility index (Phi) is 34.7. The van der Waals surface area contributed by atoms with Gasteiger partial charge in [0.1, 0.15) is 12.7 Å². The molecule has 0 aliphatic heterocycles. The standard InChI is InChI=1S/C39H73O10P/c1-3-5-7-9-11-13-15-16-17-18-19-21-23-25-27-29-31-39(43)49-37(35-48-50(44,45)47-33-36(41)32-40)34-46-38(42)30-28-26-24-22-20-14-12-10-8-6-4-2/h13,15,17-18,36-37,40-41H,3-12,14,16,19-35H2,1-2H3,(H,44,45)/b15-13-,18-17-. The first kappa shape index (κ1) is 48.5. The number of rotatable bonds is 37. The molecular weight excluding hydrogens is 659 g/mol. The summed E-state index contributed by atoms with van der Waals surface area (Å²) in [6.45, 7) is 2.33. The number of carbonyl (C=O) groups excluding carboxylic acids is 2. The van der Waals surface area contributed by atoms with E-state index in [2.05, 4.69) is 42.7 Å². The van der Waals surface area contributed by atoms with Gasteiger partial charge in [0.2, 0.25) is 0 Å². The van der Waals surface area contributed by atoms with Crippen molar-refractivity contribution < 1.29 is 47.8 Å². The van der Waals surface area contributed by atoms with Gasteiger partial charge in [-0.15, -0.1) is 0 Å². The zero-order chi connectivity index (χ0) is 37.0. The smallest absolute Gasteiger partial charge is 0.462 e. The first-order valence-electron chi connectivity index (χ1n) is 19.8. The highest BCUT2D eigenvalue weighted by Crippen LogP contribution is 2.43. The molecule has 10 nitrogen and oxygen atoms in total. The van der Waals surface area contributed by atoms with E-state index in [-0.39, 0.29) is 19.4 Å². The van der Waals surface area contributed by atoms with Gasteiger partial charge in [0.25, 0.3) is 0 Å². The van der Waals surface area contributed by atoms with E-state index in [1.807, 2.05) is 0 Å². The van der Waals surface area contributed by atoms with Gasteiger partial charge in [-0.1, -0.05) is 141 Å². The van der Waals surface area contributed by atoms with E-state index in [0.717, 1.165) is 57.8 Å². The van der Waals surface area contributed by atoms with Crippen molar-refractivity contribution in [2.24, 2.45) is 0 Å². The number of esters is 2. The Morgan fingerprint density at radius 3 is 1.56 bits per heavy atom. The second-order valence-electron chi connectivity index (χ2n) is 13.3. The van der Waals surface area contributed by atoms with E-state index in [1.165, 1.54) is 77.0 Å². The average Bonchev–Trinajstić information content (AvgIpc) is 3.10. The largest absolute Gasteiger partial charge is 0.472 e. The van der Waals surface area contributed by atoms with Crippen molar-refractivity contribution in [2.75, 3.05) is 26.4 Å². The maximum absolute atomic E-state index is 12.6. The molecule has 0 saturated heterocycles. The van der Waals surface area contributed by atoms with Crippen molar-refractivity contribution in [2.45, 2.75) is 187 Å². The Morgan fingerprint density at radius 1 is 0.600 bits per heavy atom. The van der Waals surface area contributed by atoms with Gasteiger partial charge in [0, 0.05) is 12.8 Å². The molecule has 0 aromatic heterocycles. The van der Waals surface area contributed by atoms with Crippen LogP contribution in [0, 0.1) is 0 Å². The summed E-state index contributed by atoms with van der Waals surface area (Å²) in [5.74, 6) is -0.939. The third-order valence-electron chi connectivity index (χ3n) is 8.36. The SMILES string of the molecule is CCCCCC/C=C\C/C=C\CCCCCCCC(=O)OC(COC(=O)CCCCCCCCCCCCC)COP(=O)(O)OCC(O)CO. The predicted molar refractivity (Wildman–Crippen MR) is 201 cm³/mol. The number of aliphatic hydroxyl groups is 2. The monoisotopic (exact) mass is 732 g/mol. The van der Waals surface area contributed by atoms with Crippen molar-refractivity contribution in [3.8, 4) is 0 Å². The summed E-state index contributed by atoms with van der Waals surface area (Å²) in [6, 6.07) is 0. The predicted octanol–water partition coefficient (Wildman–Crippen LogP) is 9.83. The summed E-state index contributed by atoms with van der Waals surface area (Å²) in [7, 11) is -4.61. The highest BCUT2D eigenvalue weighted by molar-refractivity contribution is 7.47. The Morgan fingerprint density at radius 2 is 1.04 bits per heavy atom. The van der Waals surface area contributed by atoms with E-state index < -0.39 is 51.8 Å². The van der Waals surface area contributed by atoms with Gasteiger partial charge in [-0.2, -0.15) is 0 Å². The average molecular weight is 733 g/mol. The van der Waals surface area contributed by atoms with Crippen LogP contribution in [0.3, 0.4) is 0 Å². The quantitative estimate of drug-likeness (QED) is 0.0244. The number of phosphoric ester groups is 1. The maximum atomic E-state index is 12.6. The summed E-state index contributed by atoms with van der Waals surface area (Å²) in [4.78, 5) is 34.8. The molecule has 0 aromatic carbocycles. The van der Waals surface area contributed by atoms with Crippen LogP contribution in [0.2, 0.25) is 0 Å². The van der Waals surface area contributed by atoms with Gasteiger partial charge in [-0.3, -0.25) is 18.6 Å². The molecule has 3 atom stereocenters. The second kappa shape index (κ2) is 35.8. The van der Waals surface area contributed by atoms with E-state index in [9.17, 15) is 24.2 Å². The molecule has 11 heteroatoms. The van der Waals surface area contributed by atoms with E-state index in [0.29, 0.717) is 12.8 Å². The summed E-state index contributed by atoms with van der Waals surface area (Å²) < 4.78 is 32.6. The Bertz CT molecular complexity index is 894.